The predicted octanol–water partition coefficient (Wildman–Crippen LogP) is 4.15. The van der Waals surface area contributed by atoms with Crippen LogP contribution in [0.3, 0.4) is 0 Å². The highest BCUT2D eigenvalue weighted by atomic mass is 35.5. The van der Waals surface area contributed by atoms with Crippen molar-refractivity contribution in [3.63, 3.8) is 0 Å². The molecule has 152 valence electrons. The van der Waals surface area contributed by atoms with Crippen molar-refractivity contribution in [2.45, 2.75) is 13.0 Å². The molecular weight excluding hydrogens is 457 g/mol. The van der Waals surface area contributed by atoms with Gasteiger partial charge in [0.1, 0.15) is 5.75 Å². The van der Waals surface area contributed by atoms with Crippen LogP contribution in [-0.2, 0) is 9.59 Å². The van der Waals surface area contributed by atoms with E-state index >= 15 is 0 Å². The SMILES string of the molecule is CC(Oc1ccc(Cl)cc1Cl)C(=O)NNC(=S)NC(=O)/C=C/c1ccccc1Cl. The lowest BCUT2D eigenvalue weighted by molar-refractivity contribution is -0.128. The molecule has 10 heteroatoms. The molecule has 0 aliphatic heterocycles. The zero-order valence-corrected chi connectivity index (χ0v) is 18.1. The Kier molecular flexibility index (Phi) is 8.72. The second-order valence-electron chi connectivity index (χ2n) is 5.62. The van der Waals surface area contributed by atoms with Crippen LogP contribution in [0.4, 0.5) is 0 Å². The number of hydrazine groups is 1. The molecule has 2 amide bonds. The summed E-state index contributed by atoms with van der Waals surface area (Å²) in [5.74, 6) is -0.715. The second kappa shape index (κ2) is 11.0. The van der Waals surface area contributed by atoms with Crippen molar-refractivity contribution in [3.05, 3.63) is 69.2 Å². The van der Waals surface area contributed by atoms with Gasteiger partial charge in [0.2, 0.25) is 5.91 Å². The topological polar surface area (TPSA) is 79.5 Å². The van der Waals surface area contributed by atoms with E-state index in [9.17, 15) is 9.59 Å². The van der Waals surface area contributed by atoms with Gasteiger partial charge in [0.05, 0.1) is 5.02 Å². The van der Waals surface area contributed by atoms with Crippen molar-refractivity contribution >= 4 is 70.0 Å². The minimum absolute atomic E-state index is 0.0936. The van der Waals surface area contributed by atoms with Crippen LogP contribution in [0, 0.1) is 0 Å². The summed E-state index contributed by atoms with van der Waals surface area (Å²) in [6, 6.07) is 11.7. The van der Waals surface area contributed by atoms with Gasteiger partial charge in [-0.1, -0.05) is 53.0 Å². The summed E-state index contributed by atoms with van der Waals surface area (Å²) < 4.78 is 5.48. The van der Waals surface area contributed by atoms with Crippen molar-refractivity contribution in [1.82, 2.24) is 16.2 Å². The van der Waals surface area contributed by atoms with Gasteiger partial charge in [0.25, 0.3) is 5.91 Å². The Labute approximate surface area is 188 Å². The molecule has 0 spiro atoms. The number of carbonyl (C=O) groups is 2. The fraction of sp³-hybridized carbons (Fsp3) is 0.105. The summed E-state index contributed by atoms with van der Waals surface area (Å²) in [7, 11) is 0. The highest BCUT2D eigenvalue weighted by Gasteiger charge is 2.16. The molecule has 1 atom stereocenters. The van der Waals surface area contributed by atoms with E-state index in [0.717, 1.165) is 0 Å². The first-order valence-corrected chi connectivity index (χ1v) is 9.75. The van der Waals surface area contributed by atoms with Gasteiger partial charge in [-0.3, -0.25) is 25.8 Å². The van der Waals surface area contributed by atoms with Gasteiger partial charge < -0.3 is 4.74 Å². The number of benzene rings is 2. The number of hydrogen-bond donors (Lipinski definition) is 3. The molecule has 0 saturated carbocycles. The maximum Gasteiger partial charge on any atom is 0.279 e. The standard InChI is InChI=1S/C19H16Cl3N3O3S/c1-11(28-16-8-7-13(20)10-15(16)22)18(27)24-25-19(29)23-17(26)9-6-12-4-2-3-5-14(12)21/h2-11H,1H3,(H,24,27)(H2,23,25,26,29)/b9-6+. The minimum Gasteiger partial charge on any atom is -0.479 e. The van der Waals surface area contributed by atoms with Crippen LogP contribution in [0.2, 0.25) is 15.1 Å². The third-order valence-electron chi connectivity index (χ3n) is 3.42. The number of amides is 2. The first kappa shape index (κ1) is 23.0. The number of thiocarbonyl (C=S) groups is 1. The minimum atomic E-state index is -0.889. The predicted molar refractivity (Wildman–Crippen MR) is 119 cm³/mol. The number of ether oxygens (including phenoxy) is 1. The van der Waals surface area contributed by atoms with Gasteiger partial charge in [-0.2, -0.15) is 0 Å². The molecule has 0 heterocycles. The van der Waals surface area contributed by atoms with E-state index in [-0.39, 0.29) is 10.1 Å². The molecule has 6 nitrogen and oxygen atoms in total. The van der Waals surface area contributed by atoms with Gasteiger partial charge in [0, 0.05) is 16.1 Å². The van der Waals surface area contributed by atoms with Crippen molar-refractivity contribution in [3.8, 4) is 5.75 Å². The van der Waals surface area contributed by atoms with Gasteiger partial charge >= 0.3 is 0 Å². The molecule has 2 aromatic rings. The molecule has 2 rings (SSSR count). The highest BCUT2D eigenvalue weighted by molar-refractivity contribution is 7.80. The monoisotopic (exact) mass is 471 g/mol. The van der Waals surface area contributed by atoms with E-state index in [2.05, 4.69) is 16.2 Å². The number of nitrogens with one attached hydrogen (secondary N) is 3. The van der Waals surface area contributed by atoms with Crippen LogP contribution in [0.25, 0.3) is 6.08 Å². The van der Waals surface area contributed by atoms with E-state index in [4.69, 9.17) is 51.8 Å². The quantitative estimate of drug-likeness (QED) is 0.346. The summed E-state index contributed by atoms with van der Waals surface area (Å²) in [5.41, 5.74) is 5.44. The van der Waals surface area contributed by atoms with E-state index < -0.39 is 17.9 Å². The second-order valence-corrected chi connectivity index (χ2v) is 7.28. The molecule has 0 aliphatic rings. The average molecular weight is 473 g/mol. The van der Waals surface area contributed by atoms with E-state index in [1.54, 1.807) is 42.5 Å². The maximum atomic E-state index is 12.1. The Morgan fingerprint density at radius 2 is 1.79 bits per heavy atom. The zero-order valence-electron chi connectivity index (χ0n) is 15.0. The number of hydrogen-bond acceptors (Lipinski definition) is 4. The first-order chi connectivity index (χ1) is 13.8. The van der Waals surface area contributed by atoms with Gasteiger partial charge in [-0.05, 0) is 55.0 Å². The maximum absolute atomic E-state index is 12.1. The lowest BCUT2D eigenvalue weighted by atomic mass is 10.2. The Hall–Kier alpha value is -2.32. The molecule has 0 radical (unpaired) electrons. The Morgan fingerprint density at radius 3 is 2.48 bits per heavy atom. The normalized spacial score (nSPS) is 11.6. The van der Waals surface area contributed by atoms with Crippen LogP contribution < -0.4 is 20.9 Å². The molecule has 1 unspecified atom stereocenters. The fourth-order valence-electron chi connectivity index (χ4n) is 2.00. The van der Waals surface area contributed by atoms with Crippen molar-refractivity contribution in [2.75, 3.05) is 0 Å². The number of rotatable bonds is 5. The van der Waals surface area contributed by atoms with Crippen LogP contribution in [0.15, 0.2) is 48.5 Å². The first-order valence-electron chi connectivity index (χ1n) is 8.21. The largest absolute Gasteiger partial charge is 0.479 e. The molecular formula is C19H16Cl3N3O3S. The van der Waals surface area contributed by atoms with Crippen molar-refractivity contribution < 1.29 is 14.3 Å². The van der Waals surface area contributed by atoms with Crippen molar-refractivity contribution in [1.29, 1.82) is 0 Å². The van der Waals surface area contributed by atoms with Gasteiger partial charge in [-0.25, -0.2) is 0 Å². The number of carbonyl (C=O) groups excluding carboxylic acids is 2. The lowest BCUT2D eigenvalue weighted by Gasteiger charge is -2.16. The summed E-state index contributed by atoms with van der Waals surface area (Å²) in [4.78, 5) is 24.0. The lowest BCUT2D eigenvalue weighted by Crippen LogP contribution is -2.51. The molecule has 0 fully saturated rings. The summed E-state index contributed by atoms with van der Waals surface area (Å²) in [6.45, 7) is 1.52. The molecule has 0 aliphatic carbocycles. The van der Waals surface area contributed by atoms with Crippen LogP contribution in [0.5, 0.6) is 5.75 Å². The highest BCUT2D eigenvalue weighted by Crippen LogP contribution is 2.28. The Balaban J connectivity index is 1.79. The molecule has 0 bridgehead atoms. The van der Waals surface area contributed by atoms with Crippen LogP contribution in [0.1, 0.15) is 12.5 Å². The third kappa shape index (κ3) is 7.55. The smallest absolute Gasteiger partial charge is 0.279 e. The third-order valence-corrected chi connectivity index (χ3v) is 4.50. The van der Waals surface area contributed by atoms with E-state index in [1.807, 2.05) is 0 Å². The molecule has 2 aromatic carbocycles. The van der Waals surface area contributed by atoms with Gasteiger partial charge in [-0.15, -0.1) is 0 Å². The van der Waals surface area contributed by atoms with Crippen LogP contribution in [-0.4, -0.2) is 23.0 Å². The van der Waals surface area contributed by atoms with E-state index in [1.165, 1.54) is 19.1 Å². The molecule has 29 heavy (non-hydrogen) atoms. The Bertz CT molecular complexity index is 953. The summed E-state index contributed by atoms with van der Waals surface area (Å²) in [6.07, 6.45) is 1.93. The number of halogens is 3. The summed E-state index contributed by atoms with van der Waals surface area (Å²) in [5, 5.41) is 3.53. The zero-order chi connectivity index (χ0) is 21.4. The molecule has 0 aromatic heterocycles. The Morgan fingerprint density at radius 1 is 1.07 bits per heavy atom. The molecule has 0 saturated heterocycles. The van der Waals surface area contributed by atoms with E-state index in [0.29, 0.717) is 21.4 Å². The van der Waals surface area contributed by atoms with Gasteiger partial charge in [0.15, 0.2) is 11.2 Å². The fourth-order valence-corrected chi connectivity index (χ4v) is 2.80. The summed E-state index contributed by atoms with van der Waals surface area (Å²) >= 11 is 22.8. The van der Waals surface area contributed by atoms with Crippen LogP contribution >= 0.6 is 47.0 Å². The average Bonchev–Trinajstić information content (AvgIpc) is 2.67. The van der Waals surface area contributed by atoms with Crippen molar-refractivity contribution in [2.24, 2.45) is 0 Å². The molecule has 3 N–H and O–H groups in total.